The molecular weight excluding hydrogens is 334 g/mol. The molecule has 1 aliphatic rings. The van der Waals surface area contributed by atoms with Gasteiger partial charge in [0.15, 0.2) is 0 Å². The van der Waals surface area contributed by atoms with E-state index >= 15 is 0 Å². The van der Waals surface area contributed by atoms with Crippen molar-refractivity contribution in [2.24, 2.45) is 0 Å². The smallest absolute Gasteiger partial charge is 0.354 e. The third-order valence-corrected chi connectivity index (χ3v) is 4.30. The van der Waals surface area contributed by atoms with Crippen LogP contribution < -0.4 is 5.32 Å². The third-order valence-electron chi connectivity index (χ3n) is 4.30. The Morgan fingerprint density at radius 2 is 2.00 bits per heavy atom. The van der Waals surface area contributed by atoms with E-state index in [9.17, 15) is 9.59 Å². The first-order valence-corrected chi connectivity index (χ1v) is 8.43. The van der Waals surface area contributed by atoms with E-state index < -0.39 is 5.97 Å². The molecule has 0 unspecified atom stereocenters. The summed E-state index contributed by atoms with van der Waals surface area (Å²) < 4.78 is 5.36. The van der Waals surface area contributed by atoms with Gasteiger partial charge in [0.2, 0.25) is 0 Å². The fraction of sp³-hybridized carbons (Fsp3) is 0.316. The lowest BCUT2D eigenvalue weighted by Crippen LogP contribution is -2.35. The van der Waals surface area contributed by atoms with Crippen molar-refractivity contribution in [3.63, 3.8) is 0 Å². The number of nitrogens with one attached hydrogen (secondary N) is 1. The largest absolute Gasteiger partial charge is 0.477 e. The maximum atomic E-state index is 12.4. The summed E-state index contributed by atoms with van der Waals surface area (Å²) in [5, 5.41) is 11.8. The van der Waals surface area contributed by atoms with E-state index in [1.54, 1.807) is 0 Å². The van der Waals surface area contributed by atoms with Crippen LogP contribution in [0.2, 0.25) is 0 Å². The average Bonchev–Trinajstić information content (AvgIpc) is 2.65. The highest BCUT2D eigenvalue weighted by molar-refractivity contribution is 6.04. The first-order valence-electron chi connectivity index (χ1n) is 8.43. The second kappa shape index (κ2) is 8.07. The predicted octanol–water partition coefficient (Wildman–Crippen LogP) is 2.17. The van der Waals surface area contributed by atoms with Crippen LogP contribution in [0.4, 0.5) is 5.69 Å². The van der Waals surface area contributed by atoms with E-state index in [1.807, 2.05) is 19.1 Å². The summed E-state index contributed by atoms with van der Waals surface area (Å²) in [6.07, 6.45) is 1.27. The van der Waals surface area contributed by atoms with E-state index in [-0.39, 0.29) is 11.6 Å². The average molecular weight is 355 g/mol. The van der Waals surface area contributed by atoms with Crippen LogP contribution in [-0.4, -0.2) is 53.2 Å². The molecule has 136 valence electrons. The van der Waals surface area contributed by atoms with Crippen LogP contribution in [0.5, 0.6) is 0 Å². The number of benzene rings is 1. The van der Waals surface area contributed by atoms with Gasteiger partial charge in [0.05, 0.1) is 18.8 Å². The molecule has 2 N–H and O–H groups in total. The third kappa shape index (κ3) is 4.44. The lowest BCUT2D eigenvalue weighted by atomic mass is 10.1. The van der Waals surface area contributed by atoms with E-state index in [0.29, 0.717) is 5.56 Å². The fourth-order valence-corrected chi connectivity index (χ4v) is 2.77. The summed E-state index contributed by atoms with van der Waals surface area (Å²) in [6.45, 7) is 6.03. The molecule has 7 nitrogen and oxygen atoms in total. The summed E-state index contributed by atoms with van der Waals surface area (Å²) in [7, 11) is 0. The first kappa shape index (κ1) is 18.0. The van der Waals surface area contributed by atoms with E-state index in [0.717, 1.165) is 49.7 Å². The van der Waals surface area contributed by atoms with Crippen molar-refractivity contribution in [3.8, 4) is 0 Å². The Morgan fingerprint density at radius 1 is 1.23 bits per heavy atom. The fourth-order valence-electron chi connectivity index (χ4n) is 2.77. The van der Waals surface area contributed by atoms with Gasteiger partial charge in [-0.2, -0.15) is 0 Å². The molecule has 1 amide bonds. The molecule has 3 rings (SSSR count). The lowest BCUT2D eigenvalue weighted by molar-refractivity contribution is 0.0342. The summed E-state index contributed by atoms with van der Waals surface area (Å²) in [5.74, 6) is -1.44. The molecule has 1 aliphatic heterocycles. The standard InChI is InChI=1S/C19H21N3O4/c1-13-2-3-14(12-22-6-8-26-9-7-22)10-17(13)21-18(23)15-4-5-16(19(24)25)20-11-15/h2-5,10-11H,6-9,12H2,1H3,(H,21,23)(H,24,25). The number of ether oxygens (including phenoxy) is 1. The van der Waals surface area contributed by atoms with Crippen molar-refractivity contribution in [3.05, 3.63) is 58.9 Å². The number of carbonyl (C=O) groups excluding carboxylic acids is 1. The maximum absolute atomic E-state index is 12.4. The summed E-state index contributed by atoms with van der Waals surface area (Å²) >= 11 is 0. The predicted molar refractivity (Wildman–Crippen MR) is 96.4 cm³/mol. The second-order valence-corrected chi connectivity index (χ2v) is 6.23. The molecular formula is C19H21N3O4. The number of hydrogen-bond donors (Lipinski definition) is 2. The van der Waals surface area contributed by atoms with Gasteiger partial charge in [-0.05, 0) is 36.2 Å². The van der Waals surface area contributed by atoms with Crippen LogP contribution in [0.3, 0.4) is 0 Å². The van der Waals surface area contributed by atoms with E-state index in [2.05, 4.69) is 21.3 Å². The van der Waals surface area contributed by atoms with Gasteiger partial charge in [0, 0.05) is 31.5 Å². The van der Waals surface area contributed by atoms with Crippen molar-refractivity contribution < 1.29 is 19.4 Å². The number of amides is 1. The highest BCUT2D eigenvalue weighted by Gasteiger charge is 2.13. The van der Waals surface area contributed by atoms with Crippen molar-refractivity contribution in [2.45, 2.75) is 13.5 Å². The minimum absolute atomic E-state index is 0.0924. The molecule has 0 radical (unpaired) electrons. The quantitative estimate of drug-likeness (QED) is 0.854. The normalized spacial score (nSPS) is 14.8. The van der Waals surface area contributed by atoms with E-state index in [4.69, 9.17) is 9.84 Å². The molecule has 0 bridgehead atoms. The Labute approximate surface area is 151 Å². The summed E-state index contributed by atoms with van der Waals surface area (Å²) in [5.41, 5.74) is 3.03. The van der Waals surface area contributed by atoms with Gasteiger partial charge < -0.3 is 15.2 Å². The number of carboxylic acids is 1. The van der Waals surface area contributed by atoms with Gasteiger partial charge in [0.1, 0.15) is 5.69 Å². The van der Waals surface area contributed by atoms with Gasteiger partial charge in [-0.15, -0.1) is 0 Å². The molecule has 1 fully saturated rings. The zero-order valence-electron chi connectivity index (χ0n) is 14.6. The number of aromatic carboxylic acids is 1. The van der Waals surface area contributed by atoms with Gasteiger partial charge in [-0.3, -0.25) is 9.69 Å². The summed E-state index contributed by atoms with van der Waals surface area (Å²) in [6, 6.07) is 8.79. The monoisotopic (exact) mass is 355 g/mol. The molecule has 2 aromatic rings. The van der Waals surface area contributed by atoms with Gasteiger partial charge in [0.25, 0.3) is 5.91 Å². The zero-order chi connectivity index (χ0) is 18.5. The first-order chi connectivity index (χ1) is 12.5. The minimum atomic E-state index is -1.12. The summed E-state index contributed by atoms with van der Waals surface area (Å²) in [4.78, 5) is 29.4. The van der Waals surface area contributed by atoms with Crippen LogP contribution in [0, 0.1) is 6.92 Å². The molecule has 1 saturated heterocycles. The van der Waals surface area contributed by atoms with Crippen LogP contribution in [-0.2, 0) is 11.3 Å². The number of aromatic nitrogens is 1. The SMILES string of the molecule is Cc1ccc(CN2CCOCC2)cc1NC(=O)c1ccc(C(=O)O)nc1. The number of nitrogens with zero attached hydrogens (tertiary/aromatic N) is 2. The van der Waals surface area contributed by atoms with E-state index in [1.165, 1.54) is 18.3 Å². The number of pyridine rings is 1. The number of carboxylic acid groups (broad SMARTS) is 1. The zero-order valence-corrected chi connectivity index (χ0v) is 14.6. The van der Waals surface area contributed by atoms with Crippen molar-refractivity contribution in [1.82, 2.24) is 9.88 Å². The van der Waals surface area contributed by atoms with Crippen molar-refractivity contribution >= 4 is 17.6 Å². The molecule has 0 aliphatic carbocycles. The molecule has 0 saturated carbocycles. The Hall–Kier alpha value is -2.77. The number of morpholine rings is 1. The number of aryl methyl sites for hydroxylation is 1. The maximum Gasteiger partial charge on any atom is 0.354 e. The number of rotatable bonds is 5. The van der Waals surface area contributed by atoms with Crippen LogP contribution in [0.25, 0.3) is 0 Å². The molecule has 1 aromatic carbocycles. The Morgan fingerprint density at radius 3 is 2.65 bits per heavy atom. The van der Waals surface area contributed by atoms with Crippen molar-refractivity contribution in [1.29, 1.82) is 0 Å². The molecule has 0 spiro atoms. The molecule has 7 heteroatoms. The Bertz CT molecular complexity index is 799. The highest BCUT2D eigenvalue weighted by atomic mass is 16.5. The van der Waals surface area contributed by atoms with Crippen LogP contribution >= 0.6 is 0 Å². The second-order valence-electron chi connectivity index (χ2n) is 6.23. The molecule has 26 heavy (non-hydrogen) atoms. The van der Waals surface area contributed by atoms with Gasteiger partial charge in [-0.1, -0.05) is 12.1 Å². The molecule has 2 heterocycles. The molecule has 0 atom stereocenters. The lowest BCUT2D eigenvalue weighted by Gasteiger charge is -2.26. The number of anilines is 1. The topological polar surface area (TPSA) is 91.8 Å². The molecule has 1 aromatic heterocycles. The van der Waals surface area contributed by atoms with Gasteiger partial charge >= 0.3 is 5.97 Å². The number of hydrogen-bond acceptors (Lipinski definition) is 5. The Kier molecular flexibility index (Phi) is 5.60. The van der Waals surface area contributed by atoms with Crippen molar-refractivity contribution in [2.75, 3.05) is 31.6 Å². The minimum Gasteiger partial charge on any atom is -0.477 e. The van der Waals surface area contributed by atoms with Crippen LogP contribution in [0.15, 0.2) is 36.5 Å². The number of carbonyl (C=O) groups is 2. The van der Waals surface area contributed by atoms with Crippen LogP contribution in [0.1, 0.15) is 32.0 Å². The van der Waals surface area contributed by atoms with Gasteiger partial charge in [-0.25, -0.2) is 9.78 Å². The Balaban J connectivity index is 1.70. The highest BCUT2D eigenvalue weighted by Crippen LogP contribution is 2.19.